The molecular formula is C16H26N4O3. The number of rotatable bonds is 7. The Labute approximate surface area is 136 Å². The Kier molecular flexibility index (Phi) is 6.32. The van der Waals surface area contributed by atoms with Crippen LogP contribution in [0.2, 0.25) is 0 Å². The van der Waals surface area contributed by atoms with Crippen LogP contribution in [-0.2, 0) is 6.54 Å². The zero-order valence-corrected chi connectivity index (χ0v) is 13.6. The molecule has 7 nitrogen and oxygen atoms in total. The third-order valence-corrected chi connectivity index (χ3v) is 4.03. The van der Waals surface area contributed by atoms with Gasteiger partial charge in [0.2, 0.25) is 5.75 Å². The predicted octanol–water partition coefficient (Wildman–Crippen LogP) is 0.940. The van der Waals surface area contributed by atoms with Gasteiger partial charge in [-0.2, -0.15) is 0 Å². The fourth-order valence-electron chi connectivity index (χ4n) is 2.86. The number of hydrogen-bond acceptors (Lipinski definition) is 6. The molecule has 7 heteroatoms. The molecule has 0 amide bonds. The predicted molar refractivity (Wildman–Crippen MR) is 88.2 cm³/mol. The van der Waals surface area contributed by atoms with Gasteiger partial charge >= 0.3 is 0 Å². The van der Waals surface area contributed by atoms with Crippen LogP contribution in [0.3, 0.4) is 0 Å². The molecule has 2 atom stereocenters. The van der Waals surface area contributed by atoms with E-state index in [0.717, 1.165) is 25.8 Å². The topological polar surface area (TPSA) is 99.4 Å². The normalized spacial score (nSPS) is 19.0. The van der Waals surface area contributed by atoms with Crippen molar-refractivity contribution >= 4 is 0 Å². The molecule has 2 rings (SSSR count). The third kappa shape index (κ3) is 3.99. The van der Waals surface area contributed by atoms with Gasteiger partial charge < -0.3 is 15.5 Å². The van der Waals surface area contributed by atoms with Crippen molar-refractivity contribution in [2.45, 2.75) is 51.4 Å². The highest BCUT2D eigenvalue weighted by atomic mass is 16.3. The monoisotopic (exact) mass is 322 g/mol. The average molecular weight is 322 g/mol. The third-order valence-electron chi connectivity index (χ3n) is 4.03. The number of aromatic nitrogens is 2. The fraction of sp³-hybridized carbons (Fsp3) is 0.625. The van der Waals surface area contributed by atoms with Gasteiger partial charge in [0, 0.05) is 13.1 Å². The second kappa shape index (κ2) is 8.24. The SMILES string of the molecule is C=CCCNC(O)c1nc2n(c(=O)c1O)CCCCC2NCC. The van der Waals surface area contributed by atoms with E-state index in [1.807, 2.05) is 6.92 Å². The minimum atomic E-state index is -1.18. The zero-order valence-electron chi connectivity index (χ0n) is 13.6. The van der Waals surface area contributed by atoms with Gasteiger partial charge in [0.15, 0.2) is 6.23 Å². The summed E-state index contributed by atoms with van der Waals surface area (Å²) in [5.41, 5.74) is -0.491. The Hall–Kier alpha value is -1.70. The molecule has 2 heterocycles. The highest BCUT2D eigenvalue weighted by molar-refractivity contribution is 5.27. The van der Waals surface area contributed by atoms with E-state index in [0.29, 0.717) is 25.3 Å². The van der Waals surface area contributed by atoms with Crippen LogP contribution in [0.1, 0.15) is 56.4 Å². The van der Waals surface area contributed by atoms with Crippen LogP contribution in [0.5, 0.6) is 5.75 Å². The van der Waals surface area contributed by atoms with Crippen LogP contribution < -0.4 is 16.2 Å². The van der Waals surface area contributed by atoms with Crippen molar-refractivity contribution < 1.29 is 10.2 Å². The Balaban J connectivity index is 2.39. The van der Waals surface area contributed by atoms with Gasteiger partial charge in [-0.1, -0.05) is 13.0 Å². The van der Waals surface area contributed by atoms with E-state index >= 15 is 0 Å². The summed E-state index contributed by atoms with van der Waals surface area (Å²) in [6.07, 6.45) is 3.94. The van der Waals surface area contributed by atoms with E-state index in [9.17, 15) is 15.0 Å². The number of aromatic hydroxyl groups is 1. The summed E-state index contributed by atoms with van der Waals surface area (Å²) >= 11 is 0. The van der Waals surface area contributed by atoms with Crippen molar-refractivity contribution in [3.05, 3.63) is 34.5 Å². The lowest BCUT2D eigenvalue weighted by Gasteiger charge is -2.21. The molecule has 1 aromatic rings. The number of hydrogen-bond donors (Lipinski definition) is 4. The Morgan fingerprint density at radius 1 is 1.52 bits per heavy atom. The summed E-state index contributed by atoms with van der Waals surface area (Å²) < 4.78 is 1.52. The molecular weight excluding hydrogens is 296 g/mol. The maximum Gasteiger partial charge on any atom is 0.296 e. The number of nitrogens with one attached hydrogen (secondary N) is 2. The van der Waals surface area contributed by atoms with Gasteiger partial charge in [-0.15, -0.1) is 6.58 Å². The van der Waals surface area contributed by atoms with Gasteiger partial charge in [-0.05, 0) is 32.2 Å². The van der Waals surface area contributed by atoms with E-state index in [2.05, 4.69) is 22.2 Å². The van der Waals surface area contributed by atoms with Crippen LogP contribution in [0.15, 0.2) is 17.4 Å². The highest BCUT2D eigenvalue weighted by Gasteiger charge is 2.26. The lowest BCUT2D eigenvalue weighted by atomic mass is 10.1. The van der Waals surface area contributed by atoms with E-state index in [1.165, 1.54) is 4.57 Å². The molecule has 4 N–H and O–H groups in total. The fourth-order valence-corrected chi connectivity index (χ4v) is 2.86. The largest absolute Gasteiger partial charge is 0.502 e. The van der Waals surface area contributed by atoms with Gasteiger partial charge in [0.1, 0.15) is 11.5 Å². The molecule has 1 aliphatic rings. The maximum absolute atomic E-state index is 12.5. The molecule has 0 radical (unpaired) electrons. The summed E-state index contributed by atoms with van der Waals surface area (Å²) in [6.45, 7) is 7.40. The first-order valence-corrected chi connectivity index (χ1v) is 8.19. The number of fused-ring (bicyclic) bond motifs is 1. The number of aliphatic hydroxyl groups excluding tert-OH is 1. The molecule has 0 aliphatic carbocycles. The van der Waals surface area contributed by atoms with Crippen molar-refractivity contribution in [3.8, 4) is 5.75 Å². The summed E-state index contributed by atoms with van der Waals surface area (Å²) in [4.78, 5) is 16.9. The van der Waals surface area contributed by atoms with Crippen molar-refractivity contribution in [3.63, 3.8) is 0 Å². The molecule has 1 aliphatic heterocycles. The Morgan fingerprint density at radius 2 is 2.30 bits per heavy atom. The summed E-state index contributed by atoms with van der Waals surface area (Å²) in [5.74, 6) is 0.108. The molecule has 0 saturated heterocycles. The van der Waals surface area contributed by atoms with E-state index in [1.54, 1.807) is 6.08 Å². The number of aliphatic hydroxyl groups is 1. The molecule has 0 saturated carbocycles. The van der Waals surface area contributed by atoms with Gasteiger partial charge in [0.25, 0.3) is 5.56 Å². The lowest BCUT2D eigenvalue weighted by Crippen LogP contribution is -2.33. The average Bonchev–Trinajstić information content (AvgIpc) is 2.74. The highest BCUT2D eigenvalue weighted by Crippen LogP contribution is 2.25. The van der Waals surface area contributed by atoms with Crippen molar-refractivity contribution in [1.82, 2.24) is 20.2 Å². The minimum absolute atomic E-state index is 0.00452. The van der Waals surface area contributed by atoms with Crippen LogP contribution in [0.4, 0.5) is 0 Å². The molecule has 0 aromatic carbocycles. The molecule has 1 aromatic heterocycles. The molecule has 23 heavy (non-hydrogen) atoms. The molecule has 128 valence electrons. The summed E-state index contributed by atoms with van der Waals surface area (Å²) in [6, 6.07) is -0.0464. The van der Waals surface area contributed by atoms with E-state index < -0.39 is 17.5 Å². The lowest BCUT2D eigenvalue weighted by molar-refractivity contribution is 0.130. The van der Waals surface area contributed by atoms with Gasteiger partial charge in [-0.3, -0.25) is 14.7 Å². The quantitative estimate of drug-likeness (QED) is 0.339. The molecule has 0 bridgehead atoms. The van der Waals surface area contributed by atoms with E-state index in [-0.39, 0.29) is 11.7 Å². The Morgan fingerprint density at radius 3 is 3.00 bits per heavy atom. The summed E-state index contributed by atoms with van der Waals surface area (Å²) in [7, 11) is 0. The van der Waals surface area contributed by atoms with Crippen molar-refractivity contribution in [2.24, 2.45) is 0 Å². The molecule has 0 fully saturated rings. The maximum atomic E-state index is 12.5. The van der Waals surface area contributed by atoms with Crippen molar-refractivity contribution in [1.29, 1.82) is 0 Å². The minimum Gasteiger partial charge on any atom is -0.502 e. The van der Waals surface area contributed by atoms with Crippen molar-refractivity contribution in [2.75, 3.05) is 13.1 Å². The zero-order chi connectivity index (χ0) is 16.8. The Bertz CT molecular complexity index is 600. The molecule has 0 spiro atoms. The van der Waals surface area contributed by atoms with Gasteiger partial charge in [-0.25, -0.2) is 4.98 Å². The first-order valence-electron chi connectivity index (χ1n) is 8.19. The molecule has 2 unspecified atom stereocenters. The van der Waals surface area contributed by atoms with Gasteiger partial charge in [0.05, 0.1) is 6.04 Å². The summed E-state index contributed by atoms with van der Waals surface area (Å²) in [5, 5.41) is 26.5. The first kappa shape index (κ1) is 17.7. The van der Waals surface area contributed by atoms with Crippen LogP contribution in [-0.4, -0.2) is 32.9 Å². The van der Waals surface area contributed by atoms with Crippen LogP contribution in [0, 0.1) is 0 Å². The second-order valence-electron chi connectivity index (χ2n) is 5.70. The smallest absolute Gasteiger partial charge is 0.296 e. The van der Waals surface area contributed by atoms with Crippen LogP contribution in [0.25, 0.3) is 0 Å². The first-order chi connectivity index (χ1) is 11.1. The van der Waals surface area contributed by atoms with Crippen LogP contribution >= 0.6 is 0 Å². The van der Waals surface area contributed by atoms with E-state index in [4.69, 9.17) is 0 Å². The number of nitrogens with zero attached hydrogens (tertiary/aromatic N) is 2. The second-order valence-corrected chi connectivity index (χ2v) is 5.70. The standard InChI is InChI=1S/C16H26N4O3/c1-3-5-9-18-15(22)12-13(21)16(23)20-10-7-6-8-11(17-4-2)14(20)19-12/h3,11,15,17-18,21-22H,1,4-10H2,2H3.